The Kier molecular flexibility index (Phi) is 5.86. The van der Waals surface area contributed by atoms with Gasteiger partial charge in [-0.05, 0) is 35.9 Å². The second-order valence-corrected chi connectivity index (χ2v) is 7.13. The van der Waals surface area contributed by atoms with Gasteiger partial charge in [-0.2, -0.15) is 0 Å². The van der Waals surface area contributed by atoms with Gasteiger partial charge in [0.05, 0.1) is 17.5 Å². The Morgan fingerprint density at radius 2 is 1.87 bits per heavy atom. The van der Waals surface area contributed by atoms with Crippen LogP contribution in [0.1, 0.15) is 5.56 Å². The standard InChI is InChI=1S/C23H18ClN3O4/c1-30-18-10-11-19-20(13-18)26-23(31-14-15-6-3-2-4-7-15)22(27(28)29)21(19)25-17-9-5-8-16(24)12-17/h2-13H,14H2,1H3,(H,25,26). The van der Waals surface area contributed by atoms with Crippen LogP contribution in [-0.2, 0) is 6.61 Å². The summed E-state index contributed by atoms with van der Waals surface area (Å²) < 4.78 is 11.1. The minimum atomic E-state index is -0.496. The fraction of sp³-hybridized carbons (Fsp3) is 0.0870. The summed E-state index contributed by atoms with van der Waals surface area (Å²) in [4.78, 5) is 16.0. The summed E-state index contributed by atoms with van der Waals surface area (Å²) in [6, 6.07) is 21.5. The van der Waals surface area contributed by atoms with E-state index in [2.05, 4.69) is 10.3 Å². The molecule has 4 aromatic rings. The van der Waals surface area contributed by atoms with Gasteiger partial charge in [-0.3, -0.25) is 10.1 Å². The highest BCUT2D eigenvalue weighted by Crippen LogP contribution is 2.42. The van der Waals surface area contributed by atoms with Gasteiger partial charge in [0.15, 0.2) is 0 Å². The molecule has 0 unspecified atom stereocenters. The average Bonchev–Trinajstić information content (AvgIpc) is 2.77. The number of hydrogen-bond donors (Lipinski definition) is 1. The van der Waals surface area contributed by atoms with Gasteiger partial charge in [0.25, 0.3) is 5.88 Å². The molecule has 0 saturated carbocycles. The maximum atomic E-state index is 12.1. The predicted molar refractivity (Wildman–Crippen MR) is 120 cm³/mol. The first kappa shape index (κ1) is 20.4. The van der Waals surface area contributed by atoms with Crippen LogP contribution >= 0.6 is 11.6 Å². The molecule has 1 aromatic heterocycles. The monoisotopic (exact) mass is 435 g/mol. The Morgan fingerprint density at radius 1 is 1.06 bits per heavy atom. The number of aromatic nitrogens is 1. The van der Waals surface area contributed by atoms with E-state index in [-0.39, 0.29) is 23.9 Å². The lowest BCUT2D eigenvalue weighted by atomic mass is 10.1. The highest BCUT2D eigenvalue weighted by Gasteiger charge is 2.27. The van der Waals surface area contributed by atoms with Crippen molar-refractivity contribution < 1.29 is 14.4 Å². The van der Waals surface area contributed by atoms with Crippen LogP contribution in [0.15, 0.2) is 72.8 Å². The smallest absolute Gasteiger partial charge is 0.354 e. The largest absolute Gasteiger partial charge is 0.497 e. The lowest BCUT2D eigenvalue weighted by molar-refractivity contribution is -0.385. The molecule has 1 N–H and O–H groups in total. The number of hydrogen-bond acceptors (Lipinski definition) is 6. The number of pyridine rings is 1. The zero-order chi connectivity index (χ0) is 21.8. The number of halogens is 1. The first-order valence-corrected chi connectivity index (χ1v) is 9.78. The lowest BCUT2D eigenvalue weighted by Gasteiger charge is -2.14. The van der Waals surface area contributed by atoms with Gasteiger partial charge in [0.2, 0.25) is 0 Å². The van der Waals surface area contributed by atoms with Crippen molar-refractivity contribution in [2.45, 2.75) is 6.61 Å². The zero-order valence-corrected chi connectivity index (χ0v) is 17.3. The second kappa shape index (κ2) is 8.89. The molecule has 7 nitrogen and oxygen atoms in total. The molecule has 0 fully saturated rings. The number of ether oxygens (including phenoxy) is 2. The predicted octanol–water partition coefficient (Wildman–Crippen LogP) is 6.13. The van der Waals surface area contributed by atoms with Gasteiger partial charge >= 0.3 is 5.69 Å². The van der Waals surface area contributed by atoms with E-state index in [9.17, 15) is 10.1 Å². The molecular weight excluding hydrogens is 418 g/mol. The molecule has 1 heterocycles. The number of rotatable bonds is 7. The van der Waals surface area contributed by atoms with Crippen LogP contribution < -0.4 is 14.8 Å². The van der Waals surface area contributed by atoms with Crippen molar-refractivity contribution in [1.29, 1.82) is 0 Å². The molecule has 3 aromatic carbocycles. The molecule has 0 aliphatic rings. The molecular formula is C23H18ClN3O4. The van der Waals surface area contributed by atoms with Crippen molar-refractivity contribution >= 4 is 39.6 Å². The highest BCUT2D eigenvalue weighted by atomic mass is 35.5. The highest BCUT2D eigenvalue weighted by molar-refractivity contribution is 6.30. The minimum Gasteiger partial charge on any atom is -0.497 e. The zero-order valence-electron chi connectivity index (χ0n) is 16.5. The Bertz CT molecular complexity index is 1250. The third-order valence-electron chi connectivity index (χ3n) is 4.63. The van der Waals surface area contributed by atoms with Crippen LogP contribution in [0.3, 0.4) is 0 Å². The molecule has 0 aliphatic carbocycles. The van der Waals surface area contributed by atoms with E-state index in [1.807, 2.05) is 30.3 Å². The summed E-state index contributed by atoms with van der Waals surface area (Å²) in [6.45, 7) is 0.140. The molecule has 0 radical (unpaired) electrons. The number of anilines is 2. The molecule has 156 valence electrons. The molecule has 31 heavy (non-hydrogen) atoms. The normalized spacial score (nSPS) is 10.6. The van der Waals surface area contributed by atoms with Crippen LogP contribution in [0.2, 0.25) is 5.02 Å². The van der Waals surface area contributed by atoms with Crippen molar-refractivity contribution in [2.24, 2.45) is 0 Å². The van der Waals surface area contributed by atoms with Gasteiger partial charge in [0.1, 0.15) is 18.0 Å². The van der Waals surface area contributed by atoms with E-state index in [4.69, 9.17) is 21.1 Å². The first-order valence-electron chi connectivity index (χ1n) is 9.40. The average molecular weight is 436 g/mol. The number of nitro groups is 1. The summed E-state index contributed by atoms with van der Waals surface area (Å²) in [5, 5.41) is 16.3. The number of fused-ring (bicyclic) bond motifs is 1. The maximum absolute atomic E-state index is 12.1. The molecule has 0 amide bonds. The van der Waals surface area contributed by atoms with E-state index < -0.39 is 4.92 Å². The van der Waals surface area contributed by atoms with Crippen molar-refractivity contribution in [3.63, 3.8) is 0 Å². The van der Waals surface area contributed by atoms with Crippen molar-refractivity contribution in [3.05, 3.63) is 93.5 Å². The summed E-state index contributed by atoms with van der Waals surface area (Å²) in [5.74, 6) is 0.496. The fourth-order valence-corrected chi connectivity index (χ4v) is 3.36. The lowest BCUT2D eigenvalue weighted by Crippen LogP contribution is -2.05. The SMILES string of the molecule is COc1ccc2c(Nc3cccc(Cl)c3)c([N+](=O)[O-])c(OCc3ccccc3)nc2c1. The van der Waals surface area contributed by atoms with E-state index >= 15 is 0 Å². The Hall–Kier alpha value is -3.84. The second-order valence-electron chi connectivity index (χ2n) is 6.69. The minimum absolute atomic E-state index is 0.0841. The van der Waals surface area contributed by atoms with E-state index in [0.29, 0.717) is 27.4 Å². The molecule has 8 heteroatoms. The van der Waals surface area contributed by atoms with E-state index in [1.165, 1.54) is 0 Å². The van der Waals surface area contributed by atoms with Gasteiger partial charge < -0.3 is 14.8 Å². The summed E-state index contributed by atoms with van der Waals surface area (Å²) >= 11 is 6.09. The number of benzene rings is 3. The number of methoxy groups -OCH3 is 1. The van der Waals surface area contributed by atoms with Gasteiger partial charge in [0, 0.05) is 22.2 Å². The first-order chi connectivity index (χ1) is 15.0. The van der Waals surface area contributed by atoms with Crippen molar-refractivity contribution in [1.82, 2.24) is 4.98 Å². The topological polar surface area (TPSA) is 86.5 Å². The Morgan fingerprint density at radius 3 is 2.58 bits per heavy atom. The summed E-state index contributed by atoms with van der Waals surface area (Å²) in [5.41, 5.74) is 1.98. The van der Waals surface area contributed by atoms with Crippen LogP contribution in [0.25, 0.3) is 10.9 Å². The third-order valence-corrected chi connectivity index (χ3v) is 4.87. The van der Waals surface area contributed by atoms with Gasteiger partial charge in [-0.25, -0.2) is 4.98 Å². The summed E-state index contributed by atoms with van der Waals surface area (Å²) in [7, 11) is 1.55. The molecule has 0 bridgehead atoms. The molecule has 0 saturated heterocycles. The maximum Gasteiger partial charge on any atom is 0.354 e. The van der Waals surface area contributed by atoms with Gasteiger partial charge in [-0.15, -0.1) is 0 Å². The van der Waals surface area contributed by atoms with Crippen LogP contribution in [0.5, 0.6) is 11.6 Å². The van der Waals surface area contributed by atoms with Crippen LogP contribution in [0, 0.1) is 10.1 Å². The van der Waals surface area contributed by atoms with E-state index in [1.54, 1.807) is 49.6 Å². The van der Waals surface area contributed by atoms with Crippen LogP contribution in [-0.4, -0.2) is 17.0 Å². The molecule has 4 rings (SSSR count). The van der Waals surface area contributed by atoms with Crippen molar-refractivity contribution in [3.8, 4) is 11.6 Å². The number of nitrogens with zero attached hydrogens (tertiary/aromatic N) is 2. The molecule has 0 spiro atoms. The molecule has 0 atom stereocenters. The third kappa shape index (κ3) is 4.51. The summed E-state index contributed by atoms with van der Waals surface area (Å²) in [6.07, 6.45) is 0. The van der Waals surface area contributed by atoms with E-state index in [0.717, 1.165) is 5.56 Å². The Labute approximate surface area is 183 Å². The van der Waals surface area contributed by atoms with Crippen molar-refractivity contribution in [2.75, 3.05) is 12.4 Å². The Balaban J connectivity index is 1.86. The number of nitrogens with one attached hydrogen (secondary N) is 1. The van der Waals surface area contributed by atoms with Crippen LogP contribution in [0.4, 0.5) is 17.1 Å². The molecule has 0 aliphatic heterocycles. The fourth-order valence-electron chi connectivity index (χ4n) is 3.17. The quantitative estimate of drug-likeness (QED) is 0.277. The van der Waals surface area contributed by atoms with Gasteiger partial charge in [-0.1, -0.05) is 48.0 Å².